The highest BCUT2D eigenvalue weighted by molar-refractivity contribution is 6.32. The first-order valence-corrected chi connectivity index (χ1v) is 6.78. The number of carbonyl (C=O) groups is 1. The number of anilines is 1. The summed E-state index contributed by atoms with van der Waals surface area (Å²) in [4.78, 5) is 11.7. The number of amides is 1. The van der Waals surface area contributed by atoms with Gasteiger partial charge in [0.05, 0.1) is 0 Å². The maximum absolute atomic E-state index is 11.7. The molecule has 0 aliphatic heterocycles. The van der Waals surface area contributed by atoms with Crippen LogP contribution in [0.3, 0.4) is 0 Å². The predicted octanol–water partition coefficient (Wildman–Crippen LogP) is 4.05. The molecule has 1 amide bonds. The first-order chi connectivity index (χ1) is 9.23. The van der Waals surface area contributed by atoms with E-state index in [9.17, 15) is 4.79 Å². The van der Waals surface area contributed by atoms with Gasteiger partial charge in [-0.2, -0.15) is 0 Å². The number of nitrogens with two attached hydrogens (primary N) is 1. The molecule has 0 saturated heterocycles. The van der Waals surface area contributed by atoms with Gasteiger partial charge < -0.3 is 10.5 Å². The number of ether oxygens (including phenoxy) is 1. The van der Waals surface area contributed by atoms with Crippen molar-refractivity contribution >= 4 is 29.0 Å². The van der Waals surface area contributed by atoms with Gasteiger partial charge in [0.2, 0.25) is 0 Å². The lowest BCUT2D eigenvalue weighted by molar-refractivity contribution is 0.0636. The van der Waals surface area contributed by atoms with Crippen LogP contribution in [-0.4, -0.2) is 18.2 Å². The average molecular weight is 297 g/mol. The molecule has 0 spiro atoms. The summed E-state index contributed by atoms with van der Waals surface area (Å²) in [5, 5.41) is 3.25. The molecule has 20 heavy (non-hydrogen) atoms. The van der Waals surface area contributed by atoms with E-state index in [1.807, 2.05) is 20.8 Å². The summed E-state index contributed by atoms with van der Waals surface area (Å²) in [6.07, 6.45) is 0.144. The smallest absolute Gasteiger partial charge is 0.412 e. The fourth-order valence-electron chi connectivity index (χ4n) is 1.60. The molecule has 0 aromatic heterocycles. The molecule has 3 N–H and O–H groups in total. The zero-order chi connectivity index (χ0) is 15.3. The minimum atomic E-state index is -0.539. The highest BCUT2D eigenvalue weighted by Gasteiger charge is 2.16. The van der Waals surface area contributed by atoms with E-state index in [4.69, 9.17) is 22.1 Å². The Hall–Kier alpha value is -1.52. The third-order valence-electron chi connectivity index (χ3n) is 2.44. The molecular weight excluding hydrogens is 276 g/mol. The van der Waals surface area contributed by atoms with Crippen LogP contribution in [-0.2, 0) is 4.74 Å². The number of hydrogen-bond donors (Lipinski definition) is 2. The molecule has 0 bridgehead atoms. The van der Waals surface area contributed by atoms with Crippen molar-refractivity contribution in [2.45, 2.75) is 32.8 Å². The van der Waals surface area contributed by atoms with Gasteiger partial charge in [-0.15, -0.1) is 0 Å². The van der Waals surface area contributed by atoms with E-state index in [0.29, 0.717) is 23.7 Å². The van der Waals surface area contributed by atoms with E-state index >= 15 is 0 Å². The standard InChI is InChI=1S/C15H21ClN2O2/c1-10(7-8-17)12-9-11(5-6-13(12)16)18-14(19)20-15(2,3)4/h5-6,9H,1,7-8,17H2,2-4H3,(H,18,19). The molecular formula is C15H21ClN2O2. The Morgan fingerprint density at radius 1 is 1.45 bits per heavy atom. The van der Waals surface area contributed by atoms with Gasteiger partial charge in [-0.1, -0.05) is 18.2 Å². The number of halogens is 1. The van der Waals surface area contributed by atoms with Crippen molar-refractivity contribution in [3.63, 3.8) is 0 Å². The second kappa shape index (κ2) is 6.77. The van der Waals surface area contributed by atoms with Crippen LogP contribution in [0.25, 0.3) is 5.57 Å². The van der Waals surface area contributed by atoms with E-state index in [2.05, 4.69) is 11.9 Å². The zero-order valence-corrected chi connectivity index (χ0v) is 12.9. The number of hydrogen-bond acceptors (Lipinski definition) is 3. The van der Waals surface area contributed by atoms with Crippen LogP contribution < -0.4 is 11.1 Å². The molecule has 1 rings (SSSR count). The van der Waals surface area contributed by atoms with Gasteiger partial charge >= 0.3 is 6.09 Å². The predicted molar refractivity (Wildman–Crippen MR) is 84.0 cm³/mol. The summed E-state index contributed by atoms with van der Waals surface area (Å²) in [6.45, 7) is 9.87. The molecule has 0 radical (unpaired) electrons. The van der Waals surface area contributed by atoms with Gasteiger partial charge in [0.25, 0.3) is 0 Å². The molecule has 0 aliphatic carbocycles. The Labute approximate surface area is 124 Å². The van der Waals surface area contributed by atoms with Crippen molar-refractivity contribution in [1.82, 2.24) is 0 Å². The van der Waals surface area contributed by atoms with Gasteiger partial charge in [0, 0.05) is 10.7 Å². The molecule has 1 aromatic rings. The maximum atomic E-state index is 11.7. The SMILES string of the molecule is C=C(CCN)c1cc(NC(=O)OC(C)(C)C)ccc1Cl. The van der Waals surface area contributed by atoms with Gasteiger partial charge in [-0.25, -0.2) is 4.79 Å². The molecule has 0 atom stereocenters. The van der Waals surface area contributed by atoms with Crippen LogP contribution in [0.4, 0.5) is 10.5 Å². The van der Waals surface area contributed by atoms with Crippen molar-refractivity contribution < 1.29 is 9.53 Å². The summed E-state index contributed by atoms with van der Waals surface area (Å²) >= 11 is 6.12. The lowest BCUT2D eigenvalue weighted by atomic mass is 10.0. The number of nitrogens with one attached hydrogen (secondary N) is 1. The summed E-state index contributed by atoms with van der Waals surface area (Å²) in [5.41, 5.74) is 7.20. The monoisotopic (exact) mass is 296 g/mol. The van der Waals surface area contributed by atoms with E-state index in [0.717, 1.165) is 11.1 Å². The summed E-state index contributed by atoms with van der Waals surface area (Å²) < 4.78 is 5.19. The van der Waals surface area contributed by atoms with E-state index in [1.54, 1.807) is 18.2 Å². The van der Waals surface area contributed by atoms with Crippen molar-refractivity contribution in [2.75, 3.05) is 11.9 Å². The van der Waals surface area contributed by atoms with Gasteiger partial charge in [-0.05, 0) is 63.1 Å². The molecule has 0 aliphatic rings. The highest BCUT2D eigenvalue weighted by Crippen LogP contribution is 2.28. The van der Waals surface area contributed by atoms with Crippen LogP contribution in [0, 0.1) is 0 Å². The summed E-state index contributed by atoms with van der Waals surface area (Å²) in [5.74, 6) is 0. The first kappa shape index (κ1) is 16.5. The molecule has 110 valence electrons. The Kier molecular flexibility index (Phi) is 5.60. The molecule has 0 fully saturated rings. The quantitative estimate of drug-likeness (QED) is 0.881. The number of rotatable bonds is 4. The minimum Gasteiger partial charge on any atom is -0.444 e. The first-order valence-electron chi connectivity index (χ1n) is 6.40. The van der Waals surface area contributed by atoms with Crippen molar-refractivity contribution in [2.24, 2.45) is 5.73 Å². The highest BCUT2D eigenvalue weighted by atomic mass is 35.5. The third kappa shape index (κ3) is 5.23. The molecule has 5 heteroatoms. The number of benzene rings is 1. The van der Waals surface area contributed by atoms with Crippen LogP contribution in [0.15, 0.2) is 24.8 Å². The van der Waals surface area contributed by atoms with E-state index in [-0.39, 0.29) is 0 Å². The Morgan fingerprint density at radius 2 is 2.10 bits per heavy atom. The largest absolute Gasteiger partial charge is 0.444 e. The summed E-state index contributed by atoms with van der Waals surface area (Å²) in [6, 6.07) is 5.20. The van der Waals surface area contributed by atoms with Crippen LogP contribution >= 0.6 is 11.6 Å². The lowest BCUT2D eigenvalue weighted by Crippen LogP contribution is -2.27. The molecule has 0 saturated carbocycles. The molecule has 1 aromatic carbocycles. The van der Waals surface area contributed by atoms with Crippen molar-refractivity contribution in [3.8, 4) is 0 Å². The van der Waals surface area contributed by atoms with E-state index in [1.165, 1.54) is 0 Å². The fraction of sp³-hybridized carbons (Fsp3) is 0.400. The normalized spacial score (nSPS) is 11.1. The maximum Gasteiger partial charge on any atom is 0.412 e. The van der Waals surface area contributed by atoms with Gasteiger partial charge in [0.1, 0.15) is 5.60 Å². The zero-order valence-electron chi connectivity index (χ0n) is 12.1. The fourth-order valence-corrected chi connectivity index (χ4v) is 1.86. The molecule has 0 heterocycles. The number of carbonyl (C=O) groups excluding carboxylic acids is 1. The summed E-state index contributed by atoms with van der Waals surface area (Å²) in [7, 11) is 0. The molecule has 4 nitrogen and oxygen atoms in total. The topological polar surface area (TPSA) is 64.3 Å². The second-order valence-electron chi connectivity index (χ2n) is 5.46. The van der Waals surface area contributed by atoms with Gasteiger partial charge in [-0.3, -0.25) is 5.32 Å². The van der Waals surface area contributed by atoms with E-state index < -0.39 is 11.7 Å². The minimum absolute atomic E-state index is 0.499. The Bertz CT molecular complexity index is 507. The van der Waals surface area contributed by atoms with Crippen molar-refractivity contribution in [1.29, 1.82) is 0 Å². The van der Waals surface area contributed by atoms with Gasteiger partial charge in [0.15, 0.2) is 0 Å². The molecule has 0 unspecified atom stereocenters. The van der Waals surface area contributed by atoms with Crippen LogP contribution in [0.5, 0.6) is 0 Å². The third-order valence-corrected chi connectivity index (χ3v) is 2.77. The Morgan fingerprint density at radius 3 is 2.65 bits per heavy atom. The van der Waals surface area contributed by atoms with Crippen molar-refractivity contribution in [3.05, 3.63) is 35.4 Å². The Balaban J connectivity index is 2.85. The second-order valence-corrected chi connectivity index (χ2v) is 5.87. The van der Waals surface area contributed by atoms with Crippen LogP contribution in [0.1, 0.15) is 32.8 Å². The lowest BCUT2D eigenvalue weighted by Gasteiger charge is -2.20. The average Bonchev–Trinajstić information content (AvgIpc) is 2.29. The van der Waals surface area contributed by atoms with Crippen LogP contribution in [0.2, 0.25) is 5.02 Å².